The van der Waals surface area contributed by atoms with Gasteiger partial charge in [0.15, 0.2) is 6.61 Å². The Hall–Kier alpha value is -2.04. The lowest BCUT2D eigenvalue weighted by molar-refractivity contribution is -0.147. The van der Waals surface area contributed by atoms with Crippen LogP contribution in [0.3, 0.4) is 0 Å². The molecule has 1 aromatic rings. The van der Waals surface area contributed by atoms with Crippen LogP contribution in [-0.2, 0) is 9.59 Å². The molecule has 1 amide bonds. The van der Waals surface area contributed by atoms with Gasteiger partial charge in [0.25, 0.3) is 0 Å². The molecule has 1 unspecified atom stereocenters. The Morgan fingerprint density at radius 3 is 2.15 bits per heavy atom. The molecule has 0 aliphatic heterocycles. The number of amides is 1. The third-order valence-corrected chi connectivity index (χ3v) is 6.61. The normalized spacial score (nSPS) is 32.9. The zero-order valence-electron chi connectivity index (χ0n) is 15.2. The fourth-order valence-corrected chi connectivity index (χ4v) is 5.82. The quantitative estimate of drug-likeness (QED) is 0.816. The summed E-state index contributed by atoms with van der Waals surface area (Å²) < 4.78 is 5.16. The largest absolute Gasteiger partial charge is 0.482 e. The Kier molecular flexibility index (Phi) is 4.41. The van der Waals surface area contributed by atoms with Crippen LogP contribution in [0, 0.1) is 23.2 Å². The summed E-state index contributed by atoms with van der Waals surface area (Å²) in [4.78, 5) is 23.7. The Bertz CT molecular complexity index is 661. The fraction of sp³-hybridized carbons (Fsp3) is 0.619. The van der Waals surface area contributed by atoms with E-state index in [1.807, 2.05) is 19.1 Å². The first-order valence-electron chi connectivity index (χ1n) is 9.69. The molecule has 5 heteroatoms. The monoisotopic (exact) mass is 357 g/mol. The second kappa shape index (κ2) is 6.60. The van der Waals surface area contributed by atoms with Crippen molar-refractivity contribution in [2.24, 2.45) is 23.2 Å². The topological polar surface area (TPSA) is 75.6 Å². The van der Waals surface area contributed by atoms with Crippen LogP contribution in [-0.4, -0.2) is 23.6 Å². The van der Waals surface area contributed by atoms with Gasteiger partial charge in [0.2, 0.25) is 5.91 Å². The van der Waals surface area contributed by atoms with E-state index in [0.29, 0.717) is 5.75 Å². The van der Waals surface area contributed by atoms with Crippen molar-refractivity contribution in [2.75, 3.05) is 6.61 Å². The molecule has 4 saturated carbocycles. The van der Waals surface area contributed by atoms with Gasteiger partial charge in [-0.3, -0.25) is 4.79 Å². The van der Waals surface area contributed by atoms with E-state index in [9.17, 15) is 9.59 Å². The molecule has 0 aromatic heterocycles. The first kappa shape index (κ1) is 17.4. The van der Waals surface area contributed by atoms with E-state index in [1.165, 1.54) is 19.3 Å². The average molecular weight is 357 g/mol. The Morgan fingerprint density at radius 2 is 1.65 bits per heavy atom. The van der Waals surface area contributed by atoms with Gasteiger partial charge in [-0.1, -0.05) is 12.1 Å². The molecule has 26 heavy (non-hydrogen) atoms. The van der Waals surface area contributed by atoms with Gasteiger partial charge in [-0.15, -0.1) is 0 Å². The maximum Gasteiger partial charge on any atom is 0.341 e. The van der Waals surface area contributed by atoms with Crippen LogP contribution in [0.2, 0.25) is 0 Å². The van der Waals surface area contributed by atoms with Gasteiger partial charge in [-0.05, 0) is 80.9 Å². The standard InChI is InChI=1S/C21H27NO4/c1-13(17-2-4-18(5-3-17)26-12-19(23)24)22-20(25)21-9-14-6-15(10-21)8-16(7-14)11-21/h2-5,13-16H,6-12H2,1H3,(H,22,25)(H,23,24). The number of aliphatic carboxylic acids is 1. The van der Waals surface area contributed by atoms with Gasteiger partial charge < -0.3 is 15.2 Å². The molecule has 0 heterocycles. The van der Waals surface area contributed by atoms with Crippen molar-refractivity contribution >= 4 is 11.9 Å². The zero-order chi connectivity index (χ0) is 18.3. The molecule has 4 aliphatic carbocycles. The molecule has 1 aromatic carbocycles. The van der Waals surface area contributed by atoms with Crippen molar-refractivity contribution in [3.63, 3.8) is 0 Å². The van der Waals surface area contributed by atoms with E-state index in [0.717, 1.165) is 42.6 Å². The number of carboxylic acid groups (broad SMARTS) is 1. The van der Waals surface area contributed by atoms with Crippen molar-refractivity contribution in [3.8, 4) is 5.75 Å². The highest BCUT2D eigenvalue weighted by molar-refractivity contribution is 5.83. The summed E-state index contributed by atoms with van der Waals surface area (Å²) in [5.74, 6) is 2.03. The SMILES string of the molecule is CC(NC(=O)C12CC3CC(CC(C3)C1)C2)c1ccc(OCC(=O)O)cc1. The average Bonchev–Trinajstić information content (AvgIpc) is 2.59. The number of rotatable bonds is 6. The molecule has 140 valence electrons. The minimum absolute atomic E-state index is 0.0657. The predicted molar refractivity (Wildman–Crippen MR) is 96.7 cm³/mol. The number of hydrogen-bond acceptors (Lipinski definition) is 3. The highest BCUT2D eigenvalue weighted by Gasteiger charge is 2.54. The molecule has 0 radical (unpaired) electrons. The summed E-state index contributed by atoms with van der Waals surface area (Å²) in [7, 11) is 0. The van der Waals surface area contributed by atoms with Gasteiger partial charge >= 0.3 is 5.97 Å². The second-order valence-corrected chi connectivity index (χ2v) is 8.64. The number of carbonyl (C=O) groups excluding carboxylic acids is 1. The Morgan fingerprint density at radius 1 is 1.12 bits per heavy atom. The van der Waals surface area contributed by atoms with Gasteiger partial charge in [0.05, 0.1) is 6.04 Å². The molecule has 0 saturated heterocycles. The third-order valence-electron chi connectivity index (χ3n) is 6.61. The van der Waals surface area contributed by atoms with Gasteiger partial charge in [0, 0.05) is 5.41 Å². The van der Waals surface area contributed by atoms with E-state index in [2.05, 4.69) is 5.32 Å². The lowest BCUT2D eigenvalue weighted by Gasteiger charge is -2.55. The minimum Gasteiger partial charge on any atom is -0.482 e. The highest BCUT2D eigenvalue weighted by atomic mass is 16.5. The van der Waals surface area contributed by atoms with E-state index in [-0.39, 0.29) is 24.0 Å². The van der Waals surface area contributed by atoms with Crippen LogP contribution in [0.25, 0.3) is 0 Å². The zero-order valence-corrected chi connectivity index (χ0v) is 15.2. The van der Waals surface area contributed by atoms with Crippen LogP contribution >= 0.6 is 0 Å². The predicted octanol–water partition coefficient (Wildman–Crippen LogP) is 3.54. The molecule has 1 atom stereocenters. The second-order valence-electron chi connectivity index (χ2n) is 8.64. The van der Waals surface area contributed by atoms with Crippen molar-refractivity contribution < 1.29 is 19.4 Å². The molecule has 4 aliphatic rings. The van der Waals surface area contributed by atoms with E-state index in [4.69, 9.17) is 9.84 Å². The Labute approximate surface area is 154 Å². The number of carbonyl (C=O) groups is 2. The summed E-state index contributed by atoms with van der Waals surface area (Å²) in [6.07, 6.45) is 7.21. The van der Waals surface area contributed by atoms with Crippen molar-refractivity contribution in [2.45, 2.75) is 51.5 Å². The first-order chi connectivity index (χ1) is 12.4. The molecular formula is C21H27NO4. The smallest absolute Gasteiger partial charge is 0.341 e. The van der Waals surface area contributed by atoms with E-state index < -0.39 is 5.97 Å². The van der Waals surface area contributed by atoms with E-state index in [1.54, 1.807) is 12.1 Å². The van der Waals surface area contributed by atoms with E-state index >= 15 is 0 Å². The van der Waals surface area contributed by atoms with Gasteiger partial charge in [0.1, 0.15) is 5.75 Å². The lowest BCUT2D eigenvalue weighted by atomic mass is 9.49. The van der Waals surface area contributed by atoms with Crippen molar-refractivity contribution in [1.29, 1.82) is 0 Å². The van der Waals surface area contributed by atoms with Gasteiger partial charge in [-0.25, -0.2) is 4.79 Å². The van der Waals surface area contributed by atoms with Crippen molar-refractivity contribution in [3.05, 3.63) is 29.8 Å². The van der Waals surface area contributed by atoms with Crippen LogP contribution in [0.1, 0.15) is 57.1 Å². The third kappa shape index (κ3) is 3.31. The molecule has 0 spiro atoms. The van der Waals surface area contributed by atoms with Crippen molar-refractivity contribution in [1.82, 2.24) is 5.32 Å². The maximum atomic E-state index is 13.1. The number of ether oxygens (including phenoxy) is 1. The first-order valence-corrected chi connectivity index (χ1v) is 9.69. The van der Waals surface area contributed by atoms with Gasteiger partial charge in [-0.2, -0.15) is 0 Å². The minimum atomic E-state index is -0.995. The summed E-state index contributed by atoms with van der Waals surface area (Å²) >= 11 is 0. The molecule has 4 bridgehead atoms. The molecule has 5 rings (SSSR count). The number of nitrogens with one attached hydrogen (secondary N) is 1. The molecule has 4 fully saturated rings. The number of carboxylic acids is 1. The fourth-order valence-electron chi connectivity index (χ4n) is 5.82. The Balaban J connectivity index is 1.39. The summed E-state index contributed by atoms with van der Waals surface area (Å²) in [6, 6.07) is 7.23. The van der Waals surface area contributed by atoms with Crippen LogP contribution < -0.4 is 10.1 Å². The maximum absolute atomic E-state index is 13.1. The van der Waals surface area contributed by atoms with Crippen LogP contribution in [0.15, 0.2) is 24.3 Å². The number of benzene rings is 1. The van der Waals surface area contributed by atoms with Crippen LogP contribution in [0.5, 0.6) is 5.75 Å². The van der Waals surface area contributed by atoms with Crippen LogP contribution in [0.4, 0.5) is 0 Å². The highest BCUT2D eigenvalue weighted by Crippen LogP contribution is 2.60. The summed E-state index contributed by atoms with van der Waals surface area (Å²) in [6.45, 7) is 1.66. The summed E-state index contributed by atoms with van der Waals surface area (Å²) in [5.41, 5.74) is 0.874. The molecular weight excluding hydrogens is 330 g/mol. The number of hydrogen-bond donors (Lipinski definition) is 2. The molecule has 5 nitrogen and oxygen atoms in total. The molecule has 2 N–H and O–H groups in total. The summed E-state index contributed by atoms with van der Waals surface area (Å²) in [5, 5.41) is 11.9. The lowest BCUT2D eigenvalue weighted by Crippen LogP contribution is -2.53.